The maximum atomic E-state index is 5.81. The van der Waals surface area contributed by atoms with E-state index in [1.807, 2.05) is 6.92 Å². The van der Waals surface area contributed by atoms with Crippen molar-refractivity contribution in [3.05, 3.63) is 24.0 Å². The molecule has 0 amide bonds. The summed E-state index contributed by atoms with van der Waals surface area (Å²) < 4.78 is 2.26. The second-order valence-corrected chi connectivity index (χ2v) is 4.11. The minimum Gasteiger partial charge on any atom is -0.354 e. The van der Waals surface area contributed by atoms with Crippen LogP contribution in [0.15, 0.2) is 18.5 Å². The van der Waals surface area contributed by atoms with Gasteiger partial charge in [0.25, 0.3) is 0 Å². The van der Waals surface area contributed by atoms with E-state index in [2.05, 4.69) is 36.9 Å². The van der Waals surface area contributed by atoms with E-state index in [9.17, 15) is 0 Å². The maximum Gasteiger partial charge on any atom is 0.0281 e. The van der Waals surface area contributed by atoms with Crippen LogP contribution in [0.1, 0.15) is 45.2 Å². The average molecular weight is 194 g/mol. The summed E-state index contributed by atoms with van der Waals surface area (Å²) in [5.41, 5.74) is 7.04. The van der Waals surface area contributed by atoms with Gasteiger partial charge in [-0.1, -0.05) is 26.7 Å². The van der Waals surface area contributed by atoms with Crippen molar-refractivity contribution >= 4 is 0 Å². The summed E-state index contributed by atoms with van der Waals surface area (Å²) in [5.74, 6) is 0.795. The number of aromatic nitrogens is 1. The molecule has 0 aliphatic rings. The lowest BCUT2D eigenvalue weighted by molar-refractivity contribution is 0.419. The molecule has 1 aromatic rings. The fourth-order valence-corrected chi connectivity index (χ4v) is 1.69. The first kappa shape index (κ1) is 11.3. The lowest BCUT2D eigenvalue weighted by atomic mass is 10.0. The van der Waals surface area contributed by atoms with Crippen LogP contribution in [0.3, 0.4) is 0 Å². The first-order chi connectivity index (χ1) is 6.67. The van der Waals surface area contributed by atoms with E-state index in [1.54, 1.807) is 0 Å². The van der Waals surface area contributed by atoms with E-state index in [1.165, 1.54) is 18.4 Å². The molecule has 1 unspecified atom stereocenters. The third-order valence-corrected chi connectivity index (χ3v) is 2.92. The van der Waals surface area contributed by atoms with Gasteiger partial charge in [-0.05, 0) is 24.5 Å². The van der Waals surface area contributed by atoms with Gasteiger partial charge in [-0.15, -0.1) is 0 Å². The molecule has 14 heavy (non-hydrogen) atoms. The van der Waals surface area contributed by atoms with E-state index < -0.39 is 0 Å². The van der Waals surface area contributed by atoms with Crippen molar-refractivity contribution in [2.24, 2.45) is 11.7 Å². The Hall–Kier alpha value is -0.760. The molecule has 2 nitrogen and oxygen atoms in total. The van der Waals surface area contributed by atoms with Gasteiger partial charge in [0, 0.05) is 25.0 Å². The molecular formula is C12H22N2. The summed E-state index contributed by atoms with van der Waals surface area (Å²) in [6.07, 6.45) is 6.81. The second-order valence-electron chi connectivity index (χ2n) is 4.11. The molecule has 1 heterocycles. The lowest BCUT2D eigenvalue weighted by Gasteiger charge is -2.12. The van der Waals surface area contributed by atoms with E-state index in [-0.39, 0.29) is 6.04 Å². The molecule has 1 aromatic heterocycles. The molecular weight excluding hydrogens is 172 g/mol. The Kier molecular flexibility index (Phi) is 4.21. The zero-order chi connectivity index (χ0) is 10.6. The third kappa shape index (κ3) is 2.88. The van der Waals surface area contributed by atoms with Crippen molar-refractivity contribution < 1.29 is 0 Å². The largest absolute Gasteiger partial charge is 0.354 e. The van der Waals surface area contributed by atoms with Crippen LogP contribution in [0.2, 0.25) is 0 Å². The molecule has 0 aliphatic heterocycles. The molecule has 2 N–H and O–H groups in total. The van der Waals surface area contributed by atoms with Crippen LogP contribution in [0.5, 0.6) is 0 Å². The molecule has 0 fully saturated rings. The van der Waals surface area contributed by atoms with Crippen molar-refractivity contribution in [3.63, 3.8) is 0 Å². The Labute approximate surface area is 87.1 Å². The van der Waals surface area contributed by atoms with Gasteiger partial charge in [0.2, 0.25) is 0 Å². The molecule has 2 heteroatoms. The Morgan fingerprint density at radius 1 is 1.36 bits per heavy atom. The fraction of sp³-hybridized carbons (Fsp3) is 0.667. The monoisotopic (exact) mass is 194 g/mol. The topological polar surface area (TPSA) is 30.9 Å². The lowest BCUT2D eigenvalue weighted by Crippen LogP contribution is -2.08. The number of rotatable bonds is 5. The van der Waals surface area contributed by atoms with Gasteiger partial charge in [-0.2, -0.15) is 0 Å². The molecule has 0 aliphatic carbocycles. The van der Waals surface area contributed by atoms with Gasteiger partial charge in [0.1, 0.15) is 0 Å². The molecule has 0 saturated heterocycles. The highest BCUT2D eigenvalue weighted by molar-refractivity contribution is 5.13. The number of nitrogens with zero attached hydrogens (tertiary/aromatic N) is 1. The average Bonchev–Trinajstić information content (AvgIpc) is 2.62. The maximum absolute atomic E-state index is 5.81. The van der Waals surface area contributed by atoms with E-state index in [4.69, 9.17) is 5.73 Å². The Bertz CT molecular complexity index is 259. The van der Waals surface area contributed by atoms with Gasteiger partial charge in [-0.25, -0.2) is 0 Å². The molecule has 0 spiro atoms. The second kappa shape index (κ2) is 5.20. The Morgan fingerprint density at radius 2 is 2.00 bits per heavy atom. The summed E-state index contributed by atoms with van der Waals surface area (Å²) in [4.78, 5) is 0. The van der Waals surface area contributed by atoms with Crippen LogP contribution in [-0.4, -0.2) is 4.57 Å². The highest BCUT2D eigenvalue weighted by Crippen LogP contribution is 2.14. The van der Waals surface area contributed by atoms with Crippen LogP contribution in [0.25, 0.3) is 0 Å². The molecule has 0 aromatic carbocycles. The molecule has 80 valence electrons. The smallest absolute Gasteiger partial charge is 0.0281 e. The summed E-state index contributed by atoms with van der Waals surface area (Å²) in [6.45, 7) is 7.66. The van der Waals surface area contributed by atoms with Crippen LogP contribution in [-0.2, 0) is 6.54 Å². The van der Waals surface area contributed by atoms with Gasteiger partial charge >= 0.3 is 0 Å². The van der Waals surface area contributed by atoms with Gasteiger partial charge < -0.3 is 10.3 Å². The molecule has 0 radical (unpaired) electrons. The van der Waals surface area contributed by atoms with Crippen LogP contribution in [0.4, 0.5) is 0 Å². The predicted octanol–water partition coefficient (Wildman–Crippen LogP) is 2.94. The van der Waals surface area contributed by atoms with Crippen LogP contribution < -0.4 is 5.73 Å². The molecule has 1 atom stereocenters. The SMILES string of the molecule is CCC(CC)Cn1ccc(C(C)N)c1. The number of hydrogen-bond acceptors (Lipinski definition) is 1. The van der Waals surface area contributed by atoms with Crippen LogP contribution >= 0.6 is 0 Å². The van der Waals surface area contributed by atoms with E-state index in [0.717, 1.165) is 12.5 Å². The summed E-state index contributed by atoms with van der Waals surface area (Å²) in [6, 6.07) is 2.27. The highest BCUT2D eigenvalue weighted by atomic mass is 14.9. The summed E-state index contributed by atoms with van der Waals surface area (Å²) in [5, 5.41) is 0. The van der Waals surface area contributed by atoms with Crippen LogP contribution in [0, 0.1) is 5.92 Å². The molecule has 1 rings (SSSR count). The zero-order valence-corrected chi connectivity index (χ0v) is 9.53. The summed E-state index contributed by atoms with van der Waals surface area (Å²) in [7, 11) is 0. The van der Waals surface area contributed by atoms with E-state index >= 15 is 0 Å². The predicted molar refractivity (Wildman–Crippen MR) is 61.1 cm³/mol. The van der Waals surface area contributed by atoms with Crippen molar-refractivity contribution in [1.82, 2.24) is 4.57 Å². The first-order valence-corrected chi connectivity index (χ1v) is 5.58. The first-order valence-electron chi connectivity index (χ1n) is 5.58. The van der Waals surface area contributed by atoms with E-state index in [0.29, 0.717) is 0 Å². The highest BCUT2D eigenvalue weighted by Gasteiger charge is 2.06. The minimum atomic E-state index is 0.151. The Balaban J connectivity index is 2.58. The van der Waals surface area contributed by atoms with Gasteiger partial charge in [0.15, 0.2) is 0 Å². The van der Waals surface area contributed by atoms with Gasteiger partial charge in [0.05, 0.1) is 0 Å². The summed E-state index contributed by atoms with van der Waals surface area (Å²) >= 11 is 0. The van der Waals surface area contributed by atoms with Crippen molar-refractivity contribution in [2.45, 2.75) is 46.2 Å². The fourth-order valence-electron chi connectivity index (χ4n) is 1.69. The van der Waals surface area contributed by atoms with Crippen molar-refractivity contribution in [2.75, 3.05) is 0 Å². The van der Waals surface area contributed by atoms with Gasteiger partial charge in [-0.3, -0.25) is 0 Å². The van der Waals surface area contributed by atoms with Crippen molar-refractivity contribution in [1.29, 1.82) is 0 Å². The molecule has 0 saturated carbocycles. The minimum absolute atomic E-state index is 0.151. The molecule has 0 bridgehead atoms. The standard InChI is InChI=1S/C12H22N2/c1-4-11(5-2)8-14-7-6-12(9-14)10(3)13/h6-7,9-11H,4-5,8,13H2,1-3H3. The van der Waals surface area contributed by atoms with Crippen molar-refractivity contribution in [3.8, 4) is 0 Å². The normalized spacial score (nSPS) is 13.5. The number of hydrogen-bond donors (Lipinski definition) is 1. The third-order valence-electron chi connectivity index (χ3n) is 2.92. The quantitative estimate of drug-likeness (QED) is 0.767. The Morgan fingerprint density at radius 3 is 2.43 bits per heavy atom. The number of nitrogens with two attached hydrogens (primary N) is 1. The zero-order valence-electron chi connectivity index (χ0n) is 9.53.